The molecule has 1 aromatic rings. The second kappa shape index (κ2) is 5.44. The Labute approximate surface area is 114 Å². The maximum atomic E-state index is 10.0. The zero-order valence-corrected chi connectivity index (χ0v) is 12.4. The van der Waals surface area contributed by atoms with Crippen molar-refractivity contribution in [2.45, 2.75) is 38.9 Å². The Bertz CT molecular complexity index is 415. The summed E-state index contributed by atoms with van der Waals surface area (Å²) in [7, 11) is 2.48. The van der Waals surface area contributed by atoms with Crippen molar-refractivity contribution in [3.05, 3.63) is 12.4 Å². The Morgan fingerprint density at radius 1 is 1.16 bits per heavy atom. The molecule has 0 saturated heterocycles. The second-order valence-corrected chi connectivity index (χ2v) is 5.75. The van der Waals surface area contributed by atoms with E-state index in [-0.39, 0.29) is 0 Å². The fourth-order valence-electron chi connectivity index (χ4n) is 1.18. The molecule has 1 aromatic heterocycles. The predicted octanol–water partition coefficient (Wildman–Crippen LogP) is -0.204. The topological polar surface area (TPSA) is 78.7 Å². The summed E-state index contributed by atoms with van der Waals surface area (Å²) in [6.45, 7) is 6.69. The van der Waals surface area contributed by atoms with E-state index in [1.165, 1.54) is 12.4 Å². The summed E-state index contributed by atoms with van der Waals surface area (Å²) < 4.78 is 5.50. The Hall–Kier alpha value is -1.18. The predicted molar refractivity (Wildman–Crippen MR) is 75.4 cm³/mol. The standard InChI is InChI=1S/C12H22BN3O3/c1-11(2,17)12(3,4)19-13(18)9-7-14-10(15-8-9)16(5)6/h7-8,17-18H,1-6H3. The van der Waals surface area contributed by atoms with Crippen LogP contribution >= 0.6 is 0 Å². The van der Waals surface area contributed by atoms with E-state index in [4.69, 9.17) is 4.65 Å². The quantitative estimate of drug-likeness (QED) is 0.719. The van der Waals surface area contributed by atoms with Crippen molar-refractivity contribution in [3.8, 4) is 0 Å². The molecule has 0 radical (unpaired) electrons. The van der Waals surface area contributed by atoms with Gasteiger partial charge in [0, 0.05) is 32.0 Å². The highest BCUT2D eigenvalue weighted by atomic mass is 16.5. The van der Waals surface area contributed by atoms with Crippen LogP contribution in [-0.2, 0) is 4.65 Å². The molecular formula is C12H22BN3O3. The maximum absolute atomic E-state index is 10.0. The third kappa shape index (κ3) is 3.89. The Balaban J connectivity index is 2.81. The van der Waals surface area contributed by atoms with E-state index in [9.17, 15) is 10.1 Å². The van der Waals surface area contributed by atoms with Crippen LogP contribution in [-0.4, -0.2) is 52.5 Å². The Morgan fingerprint density at radius 2 is 1.63 bits per heavy atom. The molecule has 0 spiro atoms. The smallest absolute Gasteiger partial charge is 0.423 e. The number of anilines is 1. The molecular weight excluding hydrogens is 245 g/mol. The van der Waals surface area contributed by atoms with E-state index in [0.29, 0.717) is 11.4 Å². The van der Waals surface area contributed by atoms with Crippen molar-refractivity contribution in [2.75, 3.05) is 19.0 Å². The molecule has 2 N–H and O–H groups in total. The van der Waals surface area contributed by atoms with Crippen LogP contribution in [0, 0.1) is 0 Å². The molecule has 0 amide bonds. The molecule has 0 fully saturated rings. The zero-order valence-electron chi connectivity index (χ0n) is 12.4. The van der Waals surface area contributed by atoms with Gasteiger partial charge in [-0.1, -0.05) is 0 Å². The van der Waals surface area contributed by atoms with E-state index in [2.05, 4.69) is 9.97 Å². The number of hydrogen-bond donors (Lipinski definition) is 2. The monoisotopic (exact) mass is 267 g/mol. The van der Waals surface area contributed by atoms with Crippen LogP contribution in [0.3, 0.4) is 0 Å². The maximum Gasteiger partial charge on any atom is 0.494 e. The molecule has 0 aliphatic carbocycles. The average Bonchev–Trinajstić information content (AvgIpc) is 2.27. The minimum Gasteiger partial charge on any atom is -0.423 e. The molecule has 106 valence electrons. The third-order valence-corrected chi connectivity index (χ3v) is 3.22. The molecule has 0 bridgehead atoms. The second-order valence-electron chi connectivity index (χ2n) is 5.75. The summed E-state index contributed by atoms with van der Waals surface area (Å²) >= 11 is 0. The summed E-state index contributed by atoms with van der Waals surface area (Å²) in [4.78, 5) is 9.97. The SMILES string of the molecule is CN(C)c1ncc(B(O)OC(C)(C)C(C)(C)O)cn1. The molecule has 0 atom stereocenters. The highest BCUT2D eigenvalue weighted by molar-refractivity contribution is 6.59. The highest BCUT2D eigenvalue weighted by Gasteiger charge is 2.39. The average molecular weight is 267 g/mol. The molecule has 0 aliphatic heterocycles. The minimum atomic E-state index is -1.18. The first-order valence-electron chi connectivity index (χ1n) is 6.12. The van der Waals surface area contributed by atoms with Gasteiger partial charge in [-0.15, -0.1) is 0 Å². The van der Waals surface area contributed by atoms with Crippen molar-refractivity contribution in [1.29, 1.82) is 0 Å². The highest BCUT2D eigenvalue weighted by Crippen LogP contribution is 2.25. The van der Waals surface area contributed by atoms with Crippen LogP contribution in [0.25, 0.3) is 0 Å². The largest absolute Gasteiger partial charge is 0.494 e. The molecule has 19 heavy (non-hydrogen) atoms. The lowest BCUT2D eigenvalue weighted by Gasteiger charge is -2.38. The van der Waals surface area contributed by atoms with E-state index >= 15 is 0 Å². The van der Waals surface area contributed by atoms with E-state index in [1.807, 2.05) is 14.1 Å². The van der Waals surface area contributed by atoms with Crippen LogP contribution in [0.1, 0.15) is 27.7 Å². The van der Waals surface area contributed by atoms with Crippen molar-refractivity contribution in [1.82, 2.24) is 9.97 Å². The minimum absolute atomic E-state index is 0.447. The first-order chi connectivity index (χ1) is 8.54. The fraction of sp³-hybridized carbons (Fsp3) is 0.667. The molecule has 0 unspecified atom stereocenters. The van der Waals surface area contributed by atoms with Gasteiger partial charge in [0.15, 0.2) is 0 Å². The normalized spacial score (nSPS) is 12.4. The molecule has 7 heteroatoms. The van der Waals surface area contributed by atoms with Gasteiger partial charge in [-0.2, -0.15) is 0 Å². The molecule has 0 saturated carbocycles. The van der Waals surface area contributed by atoms with Gasteiger partial charge in [0.05, 0.1) is 11.2 Å². The van der Waals surface area contributed by atoms with Gasteiger partial charge in [-0.05, 0) is 27.7 Å². The molecule has 0 aliphatic rings. The van der Waals surface area contributed by atoms with E-state index < -0.39 is 18.3 Å². The Morgan fingerprint density at radius 3 is 2.00 bits per heavy atom. The van der Waals surface area contributed by atoms with Crippen LogP contribution in [0.2, 0.25) is 0 Å². The lowest BCUT2D eigenvalue weighted by molar-refractivity contribution is -0.0982. The summed E-state index contributed by atoms with van der Waals surface area (Å²) in [6, 6.07) is 0. The van der Waals surface area contributed by atoms with Crippen molar-refractivity contribution in [2.24, 2.45) is 0 Å². The Kier molecular flexibility index (Phi) is 4.55. The third-order valence-electron chi connectivity index (χ3n) is 3.22. The lowest BCUT2D eigenvalue weighted by atomic mass is 9.78. The lowest BCUT2D eigenvalue weighted by Crippen LogP contribution is -2.53. The summed E-state index contributed by atoms with van der Waals surface area (Å²) in [5, 5.41) is 20.0. The van der Waals surface area contributed by atoms with E-state index in [1.54, 1.807) is 32.6 Å². The number of aromatic nitrogens is 2. The van der Waals surface area contributed by atoms with Gasteiger partial charge in [-0.3, -0.25) is 0 Å². The van der Waals surface area contributed by atoms with Gasteiger partial charge in [0.2, 0.25) is 5.95 Å². The number of nitrogens with zero attached hydrogens (tertiary/aromatic N) is 3. The summed E-state index contributed by atoms with van der Waals surface area (Å²) in [5.41, 5.74) is -1.55. The van der Waals surface area contributed by atoms with Crippen LogP contribution in [0.5, 0.6) is 0 Å². The fourth-order valence-corrected chi connectivity index (χ4v) is 1.18. The van der Waals surface area contributed by atoms with Gasteiger partial charge in [0.1, 0.15) is 0 Å². The van der Waals surface area contributed by atoms with Crippen molar-refractivity contribution >= 4 is 18.5 Å². The van der Waals surface area contributed by atoms with Gasteiger partial charge < -0.3 is 19.7 Å². The molecule has 1 heterocycles. The van der Waals surface area contributed by atoms with Gasteiger partial charge in [0.25, 0.3) is 0 Å². The zero-order chi connectivity index (χ0) is 14.8. The van der Waals surface area contributed by atoms with Gasteiger partial charge in [-0.25, -0.2) is 9.97 Å². The van der Waals surface area contributed by atoms with Gasteiger partial charge >= 0.3 is 7.12 Å². The first-order valence-corrected chi connectivity index (χ1v) is 6.12. The molecule has 6 nitrogen and oxygen atoms in total. The number of rotatable bonds is 5. The summed E-state index contributed by atoms with van der Waals surface area (Å²) in [6.07, 6.45) is 3.01. The first kappa shape index (κ1) is 15.9. The van der Waals surface area contributed by atoms with Crippen LogP contribution in [0.4, 0.5) is 5.95 Å². The molecule has 1 rings (SSSR count). The van der Waals surface area contributed by atoms with Crippen molar-refractivity contribution in [3.63, 3.8) is 0 Å². The van der Waals surface area contributed by atoms with E-state index in [0.717, 1.165) is 0 Å². The number of aliphatic hydroxyl groups is 1. The molecule has 0 aromatic carbocycles. The summed E-state index contributed by atoms with van der Waals surface area (Å²) in [5.74, 6) is 0.553. The number of hydrogen-bond acceptors (Lipinski definition) is 6. The van der Waals surface area contributed by atoms with Crippen LogP contribution < -0.4 is 10.4 Å². The van der Waals surface area contributed by atoms with Crippen molar-refractivity contribution < 1.29 is 14.8 Å². The van der Waals surface area contributed by atoms with Crippen LogP contribution in [0.15, 0.2) is 12.4 Å².